The van der Waals surface area contributed by atoms with Crippen molar-refractivity contribution in [2.45, 2.75) is 0 Å². The number of phenolic OH excluding ortho intramolecular Hbond substituents is 1. The highest BCUT2D eigenvalue weighted by molar-refractivity contribution is 14.1. The van der Waals surface area contributed by atoms with Crippen molar-refractivity contribution in [2.75, 3.05) is 0 Å². The van der Waals surface area contributed by atoms with Crippen LogP contribution in [0.2, 0.25) is 0 Å². The third kappa shape index (κ3) is 1.10. The van der Waals surface area contributed by atoms with Gasteiger partial charge in [0.15, 0.2) is 0 Å². The Hall–Kier alpha value is -0.950. The summed E-state index contributed by atoms with van der Waals surface area (Å²) in [6.45, 7) is 0. The summed E-state index contributed by atoms with van der Waals surface area (Å²) in [5.41, 5.74) is 7.53. The van der Waals surface area contributed by atoms with E-state index in [0.29, 0.717) is 5.75 Å². The summed E-state index contributed by atoms with van der Waals surface area (Å²) in [7, 11) is 0. The maximum Gasteiger partial charge on any atom is 0.124 e. The Balaban J connectivity index is 2.82. The molecule has 0 atom stereocenters. The van der Waals surface area contributed by atoms with Crippen LogP contribution in [-0.2, 0) is 0 Å². The number of phenols is 1. The lowest BCUT2D eigenvalue weighted by molar-refractivity contribution is 0.474. The van der Waals surface area contributed by atoms with Crippen LogP contribution in [-0.4, -0.2) is 5.11 Å². The first-order valence-corrected chi connectivity index (χ1v) is 4.56. The zero-order valence-corrected chi connectivity index (χ0v) is 8.29. The first kappa shape index (κ1) is 7.69. The quantitative estimate of drug-likeness (QED) is 0.575. The van der Waals surface area contributed by atoms with Gasteiger partial charge < -0.3 is 5.11 Å². The Morgan fingerprint density at radius 3 is 2.42 bits per heavy atom. The van der Waals surface area contributed by atoms with Gasteiger partial charge in [0.2, 0.25) is 0 Å². The smallest absolute Gasteiger partial charge is 0.124 e. The lowest BCUT2D eigenvalue weighted by Gasteiger charge is -2.06. The van der Waals surface area contributed by atoms with Gasteiger partial charge in [-0.05, 0) is 40.8 Å². The summed E-state index contributed by atoms with van der Waals surface area (Å²) in [5.74, 6) is 0.302. The molecular weight excluding hydrogens is 263 g/mol. The van der Waals surface area contributed by atoms with Crippen LogP contribution in [0.5, 0.6) is 5.75 Å². The third-order valence-electron chi connectivity index (χ3n) is 1.73. The summed E-state index contributed by atoms with van der Waals surface area (Å²) < 4.78 is 1.12. The molecule has 0 aromatic heterocycles. The number of fused-ring (bicyclic) bond motifs is 1. The van der Waals surface area contributed by atoms with E-state index in [1.54, 1.807) is 12.1 Å². The van der Waals surface area contributed by atoms with Gasteiger partial charge in [-0.3, -0.25) is 0 Å². The van der Waals surface area contributed by atoms with Gasteiger partial charge >= 0.3 is 0 Å². The predicted octanol–water partition coefficient (Wildman–Crippen LogP) is 2.79. The first-order valence-electron chi connectivity index (χ1n) is 3.48. The van der Waals surface area contributed by atoms with Gasteiger partial charge in [0.25, 0.3) is 0 Å². The van der Waals surface area contributed by atoms with Gasteiger partial charge in [-0.2, -0.15) is 0 Å². The van der Waals surface area contributed by atoms with Crippen molar-refractivity contribution in [3.63, 3.8) is 0 Å². The standard InChI is InChI=1S/C10H5IO/c11-9-5-6-10(12)8-4-2-1-3-7(8)9/h3-6,12H. The molecule has 58 valence electrons. The minimum absolute atomic E-state index is 0.302. The summed E-state index contributed by atoms with van der Waals surface area (Å²) in [6, 6.07) is 3.57. The lowest BCUT2D eigenvalue weighted by atomic mass is 10.0. The van der Waals surface area contributed by atoms with E-state index in [9.17, 15) is 5.11 Å². The molecule has 0 spiro atoms. The van der Waals surface area contributed by atoms with Crippen LogP contribution in [0, 0.1) is 3.57 Å². The lowest BCUT2D eigenvalue weighted by Crippen LogP contribution is -1.87. The number of benzene rings is 1. The second-order valence-corrected chi connectivity index (χ2v) is 3.63. The molecule has 0 heterocycles. The molecule has 0 amide bonds. The van der Waals surface area contributed by atoms with Crippen LogP contribution in [0.3, 0.4) is 0 Å². The monoisotopic (exact) mass is 268 g/mol. The van der Waals surface area contributed by atoms with E-state index >= 15 is 0 Å². The Labute approximate surface area is 83.9 Å². The van der Waals surface area contributed by atoms with Crippen LogP contribution < -0.4 is 0 Å². The van der Waals surface area contributed by atoms with Crippen LogP contribution in [0.4, 0.5) is 0 Å². The van der Waals surface area contributed by atoms with Crippen molar-refractivity contribution in [3.05, 3.63) is 38.3 Å². The summed E-state index contributed by atoms with van der Waals surface area (Å²) in [4.78, 5) is 0. The highest BCUT2D eigenvalue weighted by Crippen LogP contribution is 2.28. The van der Waals surface area contributed by atoms with Crippen molar-refractivity contribution < 1.29 is 5.11 Å². The molecule has 1 nitrogen and oxygen atoms in total. The van der Waals surface area contributed by atoms with E-state index in [-0.39, 0.29) is 0 Å². The number of aromatic hydroxyl groups is 1. The van der Waals surface area contributed by atoms with Gasteiger partial charge in [-0.1, -0.05) is 11.5 Å². The molecule has 0 bridgehead atoms. The zero-order valence-electron chi connectivity index (χ0n) is 6.13. The minimum Gasteiger partial charge on any atom is -0.507 e. The van der Waals surface area contributed by atoms with E-state index in [0.717, 1.165) is 14.7 Å². The molecule has 0 fully saturated rings. The molecule has 1 aliphatic carbocycles. The van der Waals surface area contributed by atoms with Gasteiger partial charge in [-0.15, -0.1) is 0 Å². The Morgan fingerprint density at radius 2 is 1.75 bits per heavy atom. The normalized spacial score (nSPS) is 11.8. The fourth-order valence-corrected chi connectivity index (χ4v) is 1.75. The highest BCUT2D eigenvalue weighted by Gasteiger charge is 2.07. The third-order valence-corrected chi connectivity index (χ3v) is 2.67. The van der Waals surface area contributed by atoms with Crippen LogP contribution in [0.15, 0.2) is 23.6 Å². The molecule has 12 heavy (non-hydrogen) atoms. The molecule has 1 aliphatic rings. The molecule has 0 unspecified atom stereocenters. The van der Waals surface area contributed by atoms with Crippen LogP contribution in [0.25, 0.3) is 12.2 Å². The SMILES string of the molecule is Oc1ccc(I)c2c1C=C=C=C2. The van der Waals surface area contributed by atoms with Crippen molar-refractivity contribution in [3.8, 4) is 5.75 Å². The predicted molar refractivity (Wildman–Crippen MR) is 56.8 cm³/mol. The molecule has 1 aromatic rings. The van der Waals surface area contributed by atoms with Crippen molar-refractivity contribution >= 4 is 34.7 Å². The topological polar surface area (TPSA) is 20.2 Å². The van der Waals surface area contributed by atoms with Crippen molar-refractivity contribution in [2.24, 2.45) is 0 Å². The van der Waals surface area contributed by atoms with Crippen LogP contribution in [0.1, 0.15) is 11.1 Å². The molecule has 0 saturated carbocycles. The first-order chi connectivity index (χ1) is 5.79. The molecule has 0 saturated heterocycles. The van der Waals surface area contributed by atoms with E-state index < -0.39 is 0 Å². The average Bonchev–Trinajstić information content (AvgIpc) is 2.12. The average molecular weight is 268 g/mol. The van der Waals surface area contributed by atoms with Gasteiger partial charge in [0, 0.05) is 20.8 Å². The van der Waals surface area contributed by atoms with Gasteiger partial charge in [0.05, 0.1) is 0 Å². The fraction of sp³-hybridized carbons (Fsp3) is 0. The number of halogens is 1. The summed E-state index contributed by atoms with van der Waals surface area (Å²) >= 11 is 2.23. The molecule has 2 heteroatoms. The molecule has 2 rings (SSSR count). The molecule has 1 N–H and O–H groups in total. The largest absolute Gasteiger partial charge is 0.507 e. The van der Waals surface area contributed by atoms with Gasteiger partial charge in [0.1, 0.15) is 5.75 Å². The molecule has 1 aromatic carbocycles. The van der Waals surface area contributed by atoms with Crippen molar-refractivity contribution in [1.29, 1.82) is 0 Å². The molecule has 0 radical (unpaired) electrons. The Morgan fingerprint density at radius 1 is 1.08 bits per heavy atom. The summed E-state index contributed by atoms with van der Waals surface area (Å²) in [6.07, 6.45) is 3.57. The zero-order chi connectivity index (χ0) is 8.55. The Kier molecular flexibility index (Phi) is 1.81. The molecule has 0 aliphatic heterocycles. The number of rotatable bonds is 0. The maximum absolute atomic E-state index is 9.46. The molecular formula is C10H5IO. The van der Waals surface area contributed by atoms with E-state index in [1.807, 2.05) is 12.1 Å². The number of hydrogen-bond acceptors (Lipinski definition) is 1. The second kappa shape index (κ2) is 2.83. The van der Waals surface area contributed by atoms with E-state index in [4.69, 9.17) is 0 Å². The minimum atomic E-state index is 0.302. The van der Waals surface area contributed by atoms with E-state index in [2.05, 4.69) is 34.1 Å². The highest BCUT2D eigenvalue weighted by atomic mass is 127. The Bertz CT molecular complexity index is 392. The van der Waals surface area contributed by atoms with Gasteiger partial charge in [-0.25, -0.2) is 0 Å². The summed E-state index contributed by atoms with van der Waals surface area (Å²) in [5, 5.41) is 9.46. The fourth-order valence-electron chi connectivity index (χ4n) is 1.12. The van der Waals surface area contributed by atoms with E-state index in [1.165, 1.54) is 0 Å². The maximum atomic E-state index is 9.46. The van der Waals surface area contributed by atoms with Crippen LogP contribution >= 0.6 is 22.6 Å². The second-order valence-electron chi connectivity index (χ2n) is 2.47. The van der Waals surface area contributed by atoms with Crippen molar-refractivity contribution in [1.82, 2.24) is 0 Å². The number of hydrogen-bond donors (Lipinski definition) is 1.